The number of hydrogen-bond donors (Lipinski definition) is 2. The van der Waals surface area contributed by atoms with Crippen molar-refractivity contribution in [3.63, 3.8) is 0 Å². The Morgan fingerprint density at radius 3 is 2.74 bits per heavy atom. The van der Waals surface area contributed by atoms with Crippen LogP contribution in [0.3, 0.4) is 0 Å². The molecule has 122 valence electrons. The maximum Gasteiger partial charge on any atom is 0.271 e. The lowest BCUT2D eigenvalue weighted by atomic mass is 10.2. The summed E-state index contributed by atoms with van der Waals surface area (Å²) < 4.78 is 18.4. The number of aromatic nitrogens is 2. The van der Waals surface area contributed by atoms with Gasteiger partial charge < -0.3 is 15.4 Å². The predicted octanol–water partition coefficient (Wildman–Crippen LogP) is 1.99. The maximum atomic E-state index is 13.5. The van der Waals surface area contributed by atoms with Crippen LogP contribution in [0.4, 0.5) is 10.2 Å². The van der Waals surface area contributed by atoms with Crippen molar-refractivity contribution in [2.75, 3.05) is 25.6 Å². The zero-order chi connectivity index (χ0) is 16.5. The highest BCUT2D eigenvalue weighted by molar-refractivity contribution is 5.92. The topological polar surface area (TPSA) is 76.1 Å². The van der Waals surface area contributed by atoms with Gasteiger partial charge in [-0.25, -0.2) is 4.39 Å². The molecule has 0 saturated carbocycles. The van der Waals surface area contributed by atoms with Crippen molar-refractivity contribution >= 4 is 11.7 Å². The second kappa shape index (κ2) is 8.79. The summed E-state index contributed by atoms with van der Waals surface area (Å²) in [7, 11) is 1.61. The average Bonchev–Trinajstić information content (AvgIpc) is 2.58. The summed E-state index contributed by atoms with van der Waals surface area (Å²) in [6, 6.07) is 9.71. The van der Waals surface area contributed by atoms with Crippen LogP contribution in [0.15, 0.2) is 36.4 Å². The lowest BCUT2D eigenvalue weighted by Crippen LogP contribution is -2.26. The zero-order valence-corrected chi connectivity index (χ0v) is 12.9. The normalized spacial score (nSPS) is 10.3. The molecule has 7 heteroatoms. The zero-order valence-electron chi connectivity index (χ0n) is 12.9. The minimum Gasteiger partial charge on any atom is -0.385 e. The molecule has 23 heavy (non-hydrogen) atoms. The number of halogens is 1. The van der Waals surface area contributed by atoms with E-state index >= 15 is 0 Å². The van der Waals surface area contributed by atoms with Crippen LogP contribution in [-0.2, 0) is 11.3 Å². The van der Waals surface area contributed by atoms with Crippen LogP contribution in [0, 0.1) is 5.82 Å². The van der Waals surface area contributed by atoms with E-state index in [2.05, 4.69) is 20.8 Å². The predicted molar refractivity (Wildman–Crippen MR) is 84.6 cm³/mol. The van der Waals surface area contributed by atoms with Crippen LogP contribution < -0.4 is 10.6 Å². The third-order valence-electron chi connectivity index (χ3n) is 3.13. The van der Waals surface area contributed by atoms with Gasteiger partial charge in [-0.3, -0.25) is 4.79 Å². The molecule has 0 saturated heterocycles. The van der Waals surface area contributed by atoms with E-state index < -0.39 is 0 Å². The fourth-order valence-corrected chi connectivity index (χ4v) is 1.88. The Hall–Kier alpha value is -2.54. The molecule has 1 amide bonds. The van der Waals surface area contributed by atoms with Gasteiger partial charge in [0.25, 0.3) is 5.91 Å². The molecule has 1 aromatic carbocycles. The Balaban J connectivity index is 1.84. The Labute approximate surface area is 134 Å². The first-order valence-corrected chi connectivity index (χ1v) is 7.29. The molecular weight excluding hydrogens is 299 g/mol. The Kier molecular flexibility index (Phi) is 6.43. The summed E-state index contributed by atoms with van der Waals surface area (Å²) in [5, 5.41) is 13.5. The van der Waals surface area contributed by atoms with Crippen molar-refractivity contribution in [1.29, 1.82) is 0 Å². The van der Waals surface area contributed by atoms with Gasteiger partial charge in [0.2, 0.25) is 0 Å². The molecule has 0 spiro atoms. The van der Waals surface area contributed by atoms with E-state index in [0.29, 0.717) is 31.1 Å². The first-order valence-electron chi connectivity index (χ1n) is 7.29. The van der Waals surface area contributed by atoms with E-state index in [1.807, 2.05) is 0 Å². The van der Waals surface area contributed by atoms with Crippen LogP contribution >= 0.6 is 0 Å². The number of rotatable bonds is 8. The Morgan fingerprint density at radius 2 is 2.04 bits per heavy atom. The van der Waals surface area contributed by atoms with E-state index in [0.717, 1.165) is 6.42 Å². The monoisotopic (exact) mass is 318 g/mol. The highest BCUT2D eigenvalue weighted by Gasteiger charge is 2.07. The van der Waals surface area contributed by atoms with E-state index in [9.17, 15) is 9.18 Å². The maximum absolute atomic E-state index is 13.5. The number of benzene rings is 1. The standard InChI is InChI=1S/C16H19FN4O2/c1-23-10-4-9-18-16(22)14-7-8-15(21-20-14)19-11-12-5-2-3-6-13(12)17/h2-3,5-8H,4,9-11H2,1H3,(H,18,22)(H,19,21). The van der Waals surface area contributed by atoms with Crippen molar-refractivity contribution in [2.24, 2.45) is 0 Å². The number of amides is 1. The molecule has 0 fully saturated rings. The summed E-state index contributed by atoms with van der Waals surface area (Å²) in [5.41, 5.74) is 0.771. The van der Waals surface area contributed by atoms with E-state index in [1.165, 1.54) is 6.07 Å². The minimum atomic E-state index is -0.283. The third kappa shape index (κ3) is 5.30. The molecule has 1 heterocycles. The summed E-state index contributed by atoms with van der Waals surface area (Å²) in [6.45, 7) is 1.40. The fourth-order valence-electron chi connectivity index (χ4n) is 1.88. The average molecular weight is 318 g/mol. The van der Waals surface area contributed by atoms with Gasteiger partial charge in [0.05, 0.1) is 0 Å². The smallest absolute Gasteiger partial charge is 0.271 e. The lowest BCUT2D eigenvalue weighted by molar-refractivity contribution is 0.0942. The fraction of sp³-hybridized carbons (Fsp3) is 0.312. The molecule has 0 aliphatic rings. The van der Waals surface area contributed by atoms with Gasteiger partial charge in [-0.15, -0.1) is 10.2 Å². The van der Waals surface area contributed by atoms with Crippen LogP contribution in [-0.4, -0.2) is 36.4 Å². The minimum absolute atomic E-state index is 0.235. The molecule has 0 aliphatic heterocycles. The van der Waals surface area contributed by atoms with Crippen LogP contribution in [0.2, 0.25) is 0 Å². The van der Waals surface area contributed by atoms with Gasteiger partial charge in [0, 0.05) is 32.4 Å². The van der Waals surface area contributed by atoms with Crippen molar-refractivity contribution in [3.05, 3.63) is 53.5 Å². The van der Waals surface area contributed by atoms with Gasteiger partial charge in [-0.1, -0.05) is 18.2 Å². The SMILES string of the molecule is COCCCNC(=O)c1ccc(NCc2ccccc2F)nn1. The number of nitrogens with zero attached hydrogens (tertiary/aromatic N) is 2. The highest BCUT2D eigenvalue weighted by atomic mass is 19.1. The van der Waals surface area contributed by atoms with Gasteiger partial charge in [-0.2, -0.15) is 0 Å². The number of carbonyl (C=O) groups is 1. The number of ether oxygens (including phenoxy) is 1. The van der Waals surface area contributed by atoms with E-state index in [4.69, 9.17) is 4.74 Å². The van der Waals surface area contributed by atoms with Crippen molar-refractivity contribution in [3.8, 4) is 0 Å². The number of methoxy groups -OCH3 is 1. The molecule has 2 N–H and O–H groups in total. The van der Waals surface area contributed by atoms with Gasteiger partial charge >= 0.3 is 0 Å². The van der Waals surface area contributed by atoms with Gasteiger partial charge in [0.1, 0.15) is 11.6 Å². The van der Waals surface area contributed by atoms with E-state index in [1.54, 1.807) is 37.4 Å². The number of nitrogens with one attached hydrogen (secondary N) is 2. The summed E-state index contributed by atoms with van der Waals surface area (Å²) in [5.74, 6) is -0.0848. The highest BCUT2D eigenvalue weighted by Crippen LogP contribution is 2.09. The molecule has 0 atom stereocenters. The molecule has 0 aliphatic carbocycles. The Morgan fingerprint density at radius 1 is 1.22 bits per heavy atom. The molecule has 2 rings (SSSR count). The first kappa shape index (κ1) is 16.8. The summed E-state index contributed by atoms with van der Waals surface area (Å²) in [6.07, 6.45) is 0.734. The van der Waals surface area contributed by atoms with Gasteiger partial charge in [0.15, 0.2) is 5.69 Å². The molecule has 2 aromatic rings. The van der Waals surface area contributed by atoms with Crippen LogP contribution in [0.5, 0.6) is 0 Å². The quantitative estimate of drug-likeness (QED) is 0.728. The van der Waals surface area contributed by atoms with Crippen molar-refractivity contribution in [2.45, 2.75) is 13.0 Å². The van der Waals surface area contributed by atoms with Crippen molar-refractivity contribution in [1.82, 2.24) is 15.5 Å². The van der Waals surface area contributed by atoms with Crippen LogP contribution in [0.1, 0.15) is 22.5 Å². The summed E-state index contributed by atoms with van der Waals surface area (Å²) >= 11 is 0. The van der Waals surface area contributed by atoms with Crippen molar-refractivity contribution < 1.29 is 13.9 Å². The lowest BCUT2D eigenvalue weighted by Gasteiger charge is -2.07. The molecule has 0 bridgehead atoms. The number of hydrogen-bond acceptors (Lipinski definition) is 5. The van der Waals surface area contributed by atoms with Crippen LogP contribution in [0.25, 0.3) is 0 Å². The second-order valence-electron chi connectivity index (χ2n) is 4.85. The van der Waals surface area contributed by atoms with E-state index in [-0.39, 0.29) is 17.4 Å². The van der Waals surface area contributed by atoms with Gasteiger partial charge in [-0.05, 0) is 24.6 Å². The molecule has 0 radical (unpaired) electrons. The summed E-state index contributed by atoms with van der Waals surface area (Å²) in [4.78, 5) is 11.8. The molecular formula is C16H19FN4O2. The molecule has 0 unspecified atom stereocenters. The number of carbonyl (C=O) groups excluding carboxylic acids is 1. The first-order chi connectivity index (χ1) is 11.2. The second-order valence-corrected chi connectivity index (χ2v) is 4.85. The third-order valence-corrected chi connectivity index (χ3v) is 3.13. The largest absolute Gasteiger partial charge is 0.385 e. The Bertz CT molecular complexity index is 634. The molecule has 6 nitrogen and oxygen atoms in total. The number of anilines is 1. The molecule has 1 aromatic heterocycles.